The van der Waals surface area contributed by atoms with E-state index in [1.807, 2.05) is 36.4 Å². The maximum absolute atomic E-state index is 11.7. The van der Waals surface area contributed by atoms with Crippen LogP contribution in [0, 0.1) is 0 Å². The molecule has 1 unspecified atom stereocenters. The van der Waals surface area contributed by atoms with Crippen molar-refractivity contribution in [3.8, 4) is 5.75 Å². The lowest BCUT2D eigenvalue weighted by molar-refractivity contribution is 0.514. The molecule has 2 aromatic carbocycles. The number of para-hydroxylation sites is 1. The van der Waals surface area contributed by atoms with Crippen molar-refractivity contribution in [2.24, 2.45) is 0 Å². The van der Waals surface area contributed by atoms with E-state index in [9.17, 15) is 4.57 Å². The third-order valence-corrected chi connectivity index (χ3v) is 2.99. The molecule has 3 heteroatoms. The Morgan fingerprint density at radius 2 is 1.33 bits per heavy atom. The number of rotatable bonds is 3. The van der Waals surface area contributed by atoms with Crippen LogP contribution in [0.2, 0.25) is 0 Å². The molecule has 0 aliphatic carbocycles. The highest BCUT2D eigenvalue weighted by atomic mass is 31.1. The van der Waals surface area contributed by atoms with E-state index >= 15 is 0 Å². The van der Waals surface area contributed by atoms with Gasteiger partial charge < -0.3 is 4.52 Å². The fraction of sp³-hybridized carbons (Fsp3) is 0. The lowest BCUT2D eigenvalue weighted by Crippen LogP contribution is -1.98. The van der Waals surface area contributed by atoms with Crippen molar-refractivity contribution in [2.45, 2.75) is 0 Å². The molecule has 2 nitrogen and oxygen atoms in total. The van der Waals surface area contributed by atoms with Crippen LogP contribution in [0.25, 0.3) is 0 Å². The summed E-state index contributed by atoms with van der Waals surface area (Å²) in [4.78, 5) is 0. The Labute approximate surface area is 89.4 Å². The van der Waals surface area contributed by atoms with E-state index in [1.54, 1.807) is 24.3 Å². The molecule has 0 heterocycles. The zero-order chi connectivity index (χ0) is 10.5. The lowest BCUT2D eigenvalue weighted by Gasteiger charge is -2.03. The van der Waals surface area contributed by atoms with E-state index in [0.29, 0.717) is 11.1 Å². The van der Waals surface area contributed by atoms with Crippen molar-refractivity contribution in [1.29, 1.82) is 0 Å². The van der Waals surface area contributed by atoms with Gasteiger partial charge in [-0.05, 0) is 24.3 Å². The van der Waals surface area contributed by atoms with Gasteiger partial charge in [0.1, 0.15) is 5.75 Å². The predicted molar refractivity (Wildman–Crippen MR) is 60.8 cm³/mol. The fourth-order valence-corrected chi connectivity index (χ4v) is 2.01. The van der Waals surface area contributed by atoms with Gasteiger partial charge in [0, 0.05) is 0 Å². The summed E-state index contributed by atoms with van der Waals surface area (Å²) >= 11 is 0. The molecule has 0 bridgehead atoms. The molecule has 0 fully saturated rings. The molecule has 0 amide bonds. The highest BCUT2D eigenvalue weighted by Gasteiger charge is 2.05. The normalized spacial score (nSPS) is 10.8. The summed E-state index contributed by atoms with van der Waals surface area (Å²) in [5, 5.41) is 0.705. The smallest absolute Gasteiger partial charge is 0.302 e. The third kappa shape index (κ3) is 2.64. The first-order valence-electron chi connectivity index (χ1n) is 4.61. The highest BCUT2D eigenvalue weighted by Crippen LogP contribution is 2.25. The van der Waals surface area contributed by atoms with Gasteiger partial charge in [0.25, 0.3) is 0 Å². The van der Waals surface area contributed by atoms with Crippen molar-refractivity contribution in [1.82, 2.24) is 0 Å². The molecule has 75 valence electrons. The first kappa shape index (κ1) is 9.88. The van der Waals surface area contributed by atoms with Crippen molar-refractivity contribution >= 4 is 13.3 Å². The maximum atomic E-state index is 11.7. The van der Waals surface area contributed by atoms with E-state index in [4.69, 9.17) is 4.52 Å². The van der Waals surface area contributed by atoms with E-state index in [-0.39, 0.29) is 0 Å². The minimum absolute atomic E-state index is 0.627. The zero-order valence-corrected chi connectivity index (χ0v) is 8.93. The summed E-state index contributed by atoms with van der Waals surface area (Å²) in [5.74, 6) is 0.627. The van der Waals surface area contributed by atoms with E-state index in [2.05, 4.69) is 0 Å². The minimum atomic E-state index is -1.80. The van der Waals surface area contributed by atoms with E-state index < -0.39 is 8.03 Å². The average molecular weight is 217 g/mol. The molecule has 2 aromatic rings. The van der Waals surface area contributed by atoms with Crippen LogP contribution < -0.4 is 9.83 Å². The summed E-state index contributed by atoms with van der Waals surface area (Å²) in [6, 6.07) is 18.3. The zero-order valence-electron chi connectivity index (χ0n) is 8.04. The van der Waals surface area contributed by atoms with Gasteiger partial charge in [-0.15, -0.1) is 0 Å². The monoisotopic (exact) mass is 217 g/mol. The van der Waals surface area contributed by atoms with Gasteiger partial charge in [-0.1, -0.05) is 36.4 Å². The molecule has 0 saturated carbocycles. The first-order valence-corrected chi connectivity index (χ1v) is 5.79. The van der Waals surface area contributed by atoms with Crippen LogP contribution in [-0.2, 0) is 4.57 Å². The van der Waals surface area contributed by atoms with Crippen molar-refractivity contribution in [2.75, 3.05) is 0 Å². The summed E-state index contributed by atoms with van der Waals surface area (Å²) in [6.07, 6.45) is 0. The summed E-state index contributed by atoms with van der Waals surface area (Å²) in [6.45, 7) is 0. The van der Waals surface area contributed by atoms with Crippen LogP contribution in [0.1, 0.15) is 0 Å². The predicted octanol–water partition coefficient (Wildman–Crippen LogP) is 3.13. The van der Waals surface area contributed by atoms with Gasteiger partial charge in [0.05, 0.1) is 5.30 Å². The van der Waals surface area contributed by atoms with Crippen LogP contribution in [-0.4, -0.2) is 0 Å². The second-order valence-corrected chi connectivity index (χ2v) is 4.21. The molecule has 0 aromatic heterocycles. The summed E-state index contributed by atoms with van der Waals surface area (Å²) in [5.41, 5.74) is 0. The van der Waals surface area contributed by atoms with Gasteiger partial charge >= 0.3 is 8.03 Å². The molecular formula is C12H10O2P. The van der Waals surface area contributed by atoms with Crippen molar-refractivity contribution in [3.63, 3.8) is 0 Å². The minimum Gasteiger partial charge on any atom is -0.414 e. The SMILES string of the molecule is O=[P](Oc1ccccc1)c1ccccc1. The summed E-state index contributed by atoms with van der Waals surface area (Å²) in [7, 11) is -1.80. The molecule has 0 saturated heterocycles. The second kappa shape index (κ2) is 4.72. The molecular weight excluding hydrogens is 207 g/mol. The molecule has 0 spiro atoms. The van der Waals surface area contributed by atoms with Crippen LogP contribution in [0.15, 0.2) is 60.7 Å². The van der Waals surface area contributed by atoms with Gasteiger partial charge in [-0.2, -0.15) is 0 Å². The van der Waals surface area contributed by atoms with Crippen molar-refractivity contribution in [3.05, 3.63) is 60.7 Å². The van der Waals surface area contributed by atoms with Gasteiger partial charge in [-0.3, -0.25) is 0 Å². The Bertz CT molecular complexity index is 440. The highest BCUT2D eigenvalue weighted by molar-refractivity contribution is 7.48. The molecule has 0 aliphatic rings. The Balaban J connectivity index is 2.12. The topological polar surface area (TPSA) is 26.3 Å². The molecule has 1 radical (unpaired) electrons. The lowest BCUT2D eigenvalue weighted by atomic mass is 10.3. The first-order chi connectivity index (χ1) is 7.36. The van der Waals surface area contributed by atoms with Crippen LogP contribution in [0.3, 0.4) is 0 Å². The number of hydrogen-bond donors (Lipinski definition) is 0. The van der Waals surface area contributed by atoms with Crippen LogP contribution >= 0.6 is 8.03 Å². The Morgan fingerprint density at radius 3 is 1.93 bits per heavy atom. The van der Waals surface area contributed by atoms with Crippen molar-refractivity contribution < 1.29 is 9.09 Å². The van der Waals surface area contributed by atoms with Crippen LogP contribution in [0.5, 0.6) is 5.75 Å². The molecule has 2 rings (SSSR count). The quantitative estimate of drug-likeness (QED) is 0.738. The van der Waals surface area contributed by atoms with Gasteiger partial charge in [-0.25, -0.2) is 4.57 Å². The maximum Gasteiger partial charge on any atom is 0.302 e. The molecule has 1 atom stereocenters. The number of hydrogen-bond acceptors (Lipinski definition) is 2. The second-order valence-electron chi connectivity index (χ2n) is 3.00. The number of benzene rings is 2. The third-order valence-electron chi connectivity index (χ3n) is 1.90. The largest absolute Gasteiger partial charge is 0.414 e. The molecule has 15 heavy (non-hydrogen) atoms. The average Bonchev–Trinajstić information content (AvgIpc) is 2.31. The Hall–Kier alpha value is -1.66. The van der Waals surface area contributed by atoms with Gasteiger partial charge in [0.15, 0.2) is 0 Å². The summed E-state index contributed by atoms with van der Waals surface area (Å²) < 4.78 is 17.0. The van der Waals surface area contributed by atoms with Crippen LogP contribution in [0.4, 0.5) is 0 Å². The Morgan fingerprint density at radius 1 is 0.800 bits per heavy atom. The van der Waals surface area contributed by atoms with E-state index in [1.165, 1.54) is 0 Å². The Kier molecular flexibility index (Phi) is 3.11. The van der Waals surface area contributed by atoms with Gasteiger partial charge in [0.2, 0.25) is 0 Å². The molecule has 0 aliphatic heterocycles. The van der Waals surface area contributed by atoms with E-state index in [0.717, 1.165) is 0 Å². The fourth-order valence-electron chi connectivity index (χ4n) is 1.18. The molecule has 0 N–H and O–H groups in total. The standard InChI is InChI=1S/C12H10O2P/c13-15(12-9-5-2-6-10-12)14-11-7-3-1-4-8-11/h1-10H.